The van der Waals surface area contributed by atoms with E-state index in [4.69, 9.17) is 0 Å². The lowest BCUT2D eigenvalue weighted by atomic mass is 10.0. The molecule has 0 aliphatic carbocycles. The van der Waals surface area contributed by atoms with Crippen LogP contribution in [0.2, 0.25) is 0 Å². The van der Waals surface area contributed by atoms with Crippen LogP contribution in [0.15, 0.2) is 59.7 Å². The molecule has 0 aliphatic heterocycles. The number of hydrogen-bond acceptors (Lipinski definition) is 4. The van der Waals surface area contributed by atoms with Crippen LogP contribution in [-0.4, -0.2) is 20.9 Å². The predicted octanol–water partition coefficient (Wildman–Crippen LogP) is 3.31. The van der Waals surface area contributed by atoms with Crippen molar-refractivity contribution in [3.05, 3.63) is 93.4 Å². The Morgan fingerprint density at radius 3 is 2.61 bits per heavy atom. The number of carbonyl (C=O) groups is 1. The van der Waals surface area contributed by atoms with E-state index in [0.29, 0.717) is 23.5 Å². The van der Waals surface area contributed by atoms with Crippen molar-refractivity contribution in [2.45, 2.75) is 39.2 Å². The summed E-state index contributed by atoms with van der Waals surface area (Å²) in [4.78, 5) is 36.3. The smallest absolute Gasteiger partial charge is 0.252 e. The highest BCUT2D eigenvalue weighted by Crippen LogP contribution is 2.19. The molecule has 1 aromatic carbocycles. The van der Waals surface area contributed by atoms with Crippen molar-refractivity contribution in [2.75, 3.05) is 0 Å². The van der Waals surface area contributed by atoms with Crippen LogP contribution in [0.3, 0.4) is 0 Å². The lowest BCUT2D eigenvalue weighted by Crippen LogP contribution is -2.31. The molecular weight excluding hydrogens is 352 g/mol. The van der Waals surface area contributed by atoms with Crippen molar-refractivity contribution in [2.24, 2.45) is 0 Å². The fourth-order valence-corrected chi connectivity index (χ4v) is 3.02. The zero-order valence-corrected chi connectivity index (χ0v) is 16.3. The molecule has 0 radical (unpaired) electrons. The molecule has 1 amide bonds. The molecule has 0 spiro atoms. The number of pyridine rings is 1. The maximum atomic E-state index is 12.9. The Balaban J connectivity index is 1.92. The molecular formula is C22H24N4O2. The molecule has 1 atom stereocenters. The number of aryl methyl sites for hydroxylation is 1. The number of benzene rings is 1. The predicted molar refractivity (Wildman–Crippen MR) is 108 cm³/mol. The van der Waals surface area contributed by atoms with Gasteiger partial charge in [-0.2, -0.15) is 0 Å². The summed E-state index contributed by atoms with van der Waals surface area (Å²) >= 11 is 0. The van der Waals surface area contributed by atoms with Gasteiger partial charge in [-0.05, 0) is 24.1 Å². The van der Waals surface area contributed by atoms with Crippen LogP contribution >= 0.6 is 0 Å². The van der Waals surface area contributed by atoms with E-state index in [1.54, 1.807) is 18.5 Å². The van der Waals surface area contributed by atoms with Crippen molar-refractivity contribution in [1.82, 2.24) is 20.3 Å². The second-order valence-corrected chi connectivity index (χ2v) is 7.11. The third-order valence-electron chi connectivity index (χ3n) is 4.55. The largest absolute Gasteiger partial charge is 0.345 e. The summed E-state index contributed by atoms with van der Waals surface area (Å²) in [5.74, 6) is 0.574. The van der Waals surface area contributed by atoms with Crippen LogP contribution in [-0.2, 0) is 6.42 Å². The first-order chi connectivity index (χ1) is 13.4. The third kappa shape index (κ3) is 4.71. The van der Waals surface area contributed by atoms with E-state index in [0.717, 1.165) is 11.1 Å². The van der Waals surface area contributed by atoms with Gasteiger partial charge < -0.3 is 10.3 Å². The Kier molecular flexibility index (Phi) is 5.99. The van der Waals surface area contributed by atoms with Gasteiger partial charge in [-0.15, -0.1) is 0 Å². The van der Waals surface area contributed by atoms with Crippen LogP contribution in [0.1, 0.15) is 58.8 Å². The minimum atomic E-state index is -0.310. The molecule has 0 saturated carbocycles. The SMILES string of the molecule is Cc1cnccc1C(=O)N[C@@H](Cc1cc(=O)[nH]c(C(C)C)n1)c1ccccc1. The Bertz CT molecular complexity index is 1010. The van der Waals surface area contributed by atoms with Gasteiger partial charge in [-0.1, -0.05) is 44.2 Å². The molecule has 0 unspecified atom stereocenters. The van der Waals surface area contributed by atoms with E-state index < -0.39 is 0 Å². The van der Waals surface area contributed by atoms with E-state index in [-0.39, 0.29) is 23.4 Å². The van der Waals surface area contributed by atoms with Crippen LogP contribution in [0.5, 0.6) is 0 Å². The normalized spacial score (nSPS) is 12.0. The van der Waals surface area contributed by atoms with Gasteiger partial charge in [0.1, 0.15) is 5.82 Å². The van der Waals surface area contributed by atoms with Gasteiger partial charge in [-0.3, -0.25) is 14.6 Å². The second kappa shape index (κ2) is 8.61. The maximum absolute atomic E-state index is 12.9. The Labute approximate surface area is 164 Å². The van der Waals surface area contributed by atoms with Gasteiger partial charge in [0, 0.05) is 36.4 Å². The van der Waals surface area contributed by atoms with Crippen molar-refractivity contribution < 1.29 is 4.79 Å². The minimum Gasteiger partial charge on any atom is -0.345 e. The Morgan fingerprint density at radius 2 is 1.93 bits per heavy atom. The van der Waals surface area contributed by atoms with Crippen molar-refractivity contribution in [3.63, 3.8) is 0 Å². The van der Waals surface area contributed by atoms with Gasteiger partial charge in [0.15, 0.2) is 0 Å². The first-order valence-corrected chi connectivity index (χ1v) is 9.30. The Hall–Kier alpha value is -3.28. The first-order valence-electron chi connectivity index (χ1n) is 9.30. The van der Waals surface area contributed by atoms with Crippen molar-refractivity contribution >= 4 is 5.91 Å². The summed E-state index contributed by atoms with van der Waals surface area (Å²) in [7, 11) is 0. The van der Waals surface area contributed by atoms with Crippen molar-refractivity contribution in [3.8, 4) is 0 Å². The summed E-state index contributed by atoms with van der Waals surface area (Å²) in [6.45, 7) is 5.81. The molecule has 6 nitrogen and oxygen atoms in total. The highest BCUT2D eigenvalue weighted by molar-refractivity contribution is 5.95. The third-order valence-corrected chi connectivity index (χ3v) is 4.55. The summed E-state index contributed by atoms with van der Waals surface area (Å²) in [5, 5.41) is 3.09. The molecule has 144 valence electrons. The monoisotopic (exact) mass is 376 g/mol. The number of nitrogens with zero attached hydrogens (tertiary/aromatic N) is 2. The summed E-state index contributed by atoms with van der Waals surface area (Å²) in [6, 6.07) is 12.6. The first kappa shape index (κ1) is 19.5. The molecule has 28 heavy (non-hydrogen) atoms. The van der Waals surface area contributed by atoms with E-state index in [1.165, 1.54) is 6.07 Å². The van der Waals surface area contributed by atoms with E-state index in [1.807, 2.05) is 51.1 Å². The molecule has 6 heteroatoms. The average molecular weight is 376 g/mol. The van der Waals surface area contributed by atoms with Gasteiger partial charge in [0.05, 0.1) is 11.7 Å². The van der Waals surface area contributed by atoms with E-state index in [9.17, 15) is 9.59 Å². The van der Waals surface area contributed by atoms with Crippen LogP contribution in [0.25, 0.3) is 0 Å². The quantitative estimate of drug-likeness (QED) is 0.691. The summed E-state index contributed by atoms with van der Waals surface area (Å²) < 4.78 is 0. The number of amides is 1. The van der Waals surface area contributed by atoms with Crippen LogP contribution < -0.4 is 10.9 Å². The topological polar surface area (TPSA) is 87.7 Å². The Morgan fingerprint density at radius 1 is 1.18 bits per heavy atom. The van der Waals surface area contributed by atoms with Crippen molar-refractivity contribution in [1.29, 1.82) is 0 Å². The summed E-state index contributed by atoms with van der Waals surface area (Å²) in [5.41, 5.74) is 2.81. The molecule has 0 aliphatic rings. The number of rotatable bonds is 6. The van der Waals surface area contributed by atoms with E-state index in [2.05, 4.69) is 20.3 Å². The molecule has 3 rings (SSSR count). The summed E-state index contributed by atoms with van der Waals surface area (Å²) in [6.07, 6.45) is 3.69. The standard InChI is InChI=1S/C22H24N4O2/c1-14(2)21-24-17(12-20(27)26-21)11-19(16-7-5-4-6-8-16)25-22(28)18-9-10-23-13-15(18)3/h4-10,12-14,19H,11H2,1-3H3,(H,25,28)(H,24,26,27)/t19-/m0/s1. The molecule has 2 heterocycles. The highest BCUT2D eigenvalue weighted by atomic mass is 16.1. The van der Waals surface area contributed by atoms with Gasteiger partial charge in [-0.25, -0.2) is 4.98 Å². The molecule has 2 N–H and O–H groups in total. The fourth-order valence-electron chi connectivity index (χ4n) is 3.02. The molecule has 2 aromatic heterocycles. The number of aromatic amines is 1. The molecule has 3 aromatic rings. The number of nitrogens with one attached hydrogen (secondary N) is 2. The lowest BCUT2D eigenvalue weighted by molar-refractivity contribution is 0.0935. The number of hydrogen-bond donors (Lipinski definition) is 2. The van der Waals surface area contributed by atoms with Gasteiger partial charge >= 0.3 is 0 Å². The number of carbonyl (C=O) groups excluding carboxylic acids is 1. The minimum absolute atomic E-state index is 0.108. The maximum Gasteiger partial charge on any atom is 0.252 e. The zero-order chi connectivity index (χ0) is 20.1. The second-order valence-electron chi connectivity index (χ2n) is 7.11. The molecule has 0 fully saturated rings. The number of aromatic nitrogens is 3. The average Bonchev–Trinajstić information content (AvgIpc) is 2.68. The van der Waals surface area contributed by atoms with Gasteiger partial charge in [0.2, 0.25) is 0 Å². The van der Waals surface area contributed by atoms with Crippen LogP contribution in [0.4, 0.5) is 0 Å². The van der Waals surface area contributed by atoms with E-state index >= 15 is 0 Å². The van der Waals surface area contributed by atoms with Gasteiger partial charge in [0.25, 0.3) is 11.5 Å². The number of H-pyrrole nitrogens is 1. The fraction of sp³-hybridized carbons (Fsp3) is 0.273. The highest BCUT2D eigenvalue weighted by Gasteiger charge is 2.19. The molecule has 0 bridgehead atoms. The zero-order valence-electron chi connectivity index (χ0n) is 16.3. The lowest BCUT2D eigenvalue weighted by Gasteiger charge is -2.20. The van der Waals surface area contributed by atoms with Crippen LogP contribution in [0, 0.1) is 6.92 Å². The molecule has 0 saturated heterocycles.